The van der Waals surface area contributed by atoms with Gasteiger partial charge in [-0.1, -0.05) is 138 Å². The zero-order valence-electron chi connectivity index (χ0n) is 44.3. The summed E-state index contributed by atoms with van der Waals surface area (Å²) in [6, 6.07) is 45.7. The van der Waals surface area contributed by atoms with Gasteiger partial charge in [0, 0.05) is 39.8 Å². The van der Waals surface area contributed by atoms with E-state index < -0.39 is 0 Å². The molecule has 13 rings (SSSR count). The lowest BCUT2D eigenvalue weighted by Crippen LogP contribution is -2.62. The molecular weight excluding hydrogens is 882 g/mol. The van der Waals surface area contributed by atoms with Gasteiger partial charge in [-0.15, -0.1) is 0 Å². The van der Waals surface area contributed by atoms with Gasteiger partial charge in [-0.05, 0) is 133 Å². The maximum Gasteiger partial charge on any atom is 0.252 e. The predicted octanol–water partition coefficient (Wildman–Crippen LogP) is 15.5. The Morgan fingerprint density at radius 2 is 0.986 bits per heavy atom. The summed E-state index contributed by atoms with van der Waals surface area (Å²) in [7, 11) is 2.11. The summed E-state index contributed by atoms with van der Waals surface area (Å²) in [4.78, 5) is 5.06. The number of hydrogen-bond acceptors (Lipinski definition) is 5. The number of ether oxygens (including phenoxy) is 2. The van der Waals surface area contributed by atoms with Crippen molar-refractivity contribution in [2.75, 3.05) is 9.80 Å². The molecule has 0 saturated carbocycles. The summed E-state index contributed by atoms with van der Waals surface area (Å²) in [5, 5.41) is 2.19. The second-order valence-corrected chi connectivity index (χ2v) is 25.0. The summed E-state index contributed by atoms with van der Waals surface area (Å²) in [5.41, 5.74) is 22.0. The minimum absolute atomic E-state index is 0.0759. The quantitative estimate of drug-likeness (QED) is 0.128. The Labute approximate surface area is 424 Å². The van der Waals surface area contributed by atoms with Crippen molar-refractivity contribution in [1.29, 1.82) is 0 Å². The van der Waals surface area contributed by atoms with Crippen molar-refractivity contribution in [3.8, 4) is 45.4 Å². The Balaban J connectivity index is 1.17. The Morgan fingerprint density at radius 3 is 1.50 bits per heavy atom. The van der Waals surface area contributed by atoms with Crippen LogP contribution in [-0.4, -0.2) is 6.71 Å². The second kappa shape index (κ2) is 14.7. The van der Waals surface area contributed by atoms with Gasteiger partial charge in [-0.2, -0.15) is 0 Å². The smallest absolute Gasteiger partial charge is 0.252 e. The van der Waals surface area contributed by atoms with Crippen LogP contribution >= 0.6 is 0 Å². The number of para-hydroxylation sites is 1. The third-order valence-electron chi connectivity index (χ3n) is 16.0. The maximum absolute atomic E-state index is 7.30. The van der Waals surface area contributed by atoms with Gasteiger partial charge in [0.1, 0.15) is 18.2 Å². The molecule has 0 bridgehead atoms. The van der Waals surface area contributed by atoms with Crippen molar-refractivity contribution in [3.63, 3.8) is 0 Å². The number of anilines is 6. The number of benzene rings is 7. The van der Waals surface area contributed by atoms with Crippen LogP contribution in [0.2, 0.25) is 0 Å². The number of aromatic nitrogens is 1. The van der Waals surface area contributed by atoms with Crippen LogP contribution in [0.15, 0.2) is 132 Å². The van der Waals surface area contributed by atoms with Crippen LogP contribution in [0.4, 0.5) is 34.1 Å². The van der Waals surface area contributed by atoms with Gasteiger partial charge in [-0.3, -0.25) is 0 Å². The fourth-order valence-electron chi connectivity index (χ4n) is 11.9. The number of furan rings is 1. The van der Waals surface area contributed by atoms with Crippen molar-refractivity contribution < 1.29 is 18.5 Å². The highest BCUT2D eigenvalue weighted by Gasteiger charge is 2.49. The molecule has 0 amide bonds. The lowest BCUT2D eigenvalue weighted by atomic mass is 9.33. The Bertz CT molecular complexity index is 3690. The topological polar surface area (TPSA) is 42.0 Å². The molecule has 0 aliphatic carbocycles. The highest BCUT2D eigenvalue weighted by molar-refractivity contribution is 7.00. The molecule has 4 aliphatic heterocycles. The van der Waals surface area contributed by atoms with E-state index in [2.05, 4.69) is 239 Å². The van der Waals surface area contributed by atoms with Crippen molar-refractivity contribution in [2.45, 2.75) is 112 Å². The molecule has 6 heterocycles. The lowest BCUT2D eigenvalue weighted by molar-refractivity contribution is -0.660. The van der Waals surface area contributed by atoms with Crippen molar-refractivity contribution >= 4 is 79.2 Å². The number of nitrogens with zero attached hydrogens (tertiary/aromatic N) is 3. The van der Waals surface area contributed by atoms with Crippen LogP contribution in [0.5, 0.6) is 23.0 Å². The minimum Gasteiger partial charge on any atom is -0.454 e. The van der Waals surface area contributed by atoms with Crippen molar-refractivity contribution in [1.82, 2.24) is 0 Å². The van der Waals surface area contributed by atoms with Gasteiger partial charge < -0.3 is 23.7 Å². The van der Waals surface area contributed by atoms with Crippen LogP contribution in [0.25, 0.3) is 44.3 Å². The van der Waals surface area contributed by atoms with E-state index in [1.807, 2.05) is 0 Å². The summed E-state index contributed by atoms with van der Waals surface area (Å²) >= 11 is 0. The van der Waals surface area contributed by atoms with Crippen LogP contribution in [0.3, 0.4) is 0 Å². The Hall–Kier alpha value is -7.25. The van der Waals surface area contributed by atoms with Gasteiger partial charge in [0.05, 0.1) is 28.3 Å². The SMILES string of the molecule is Cc1ccc2c(oc3c(-c4cc5c6c(c4)N4c7ccc(C(C)(C)C)cc7Oc7cc(C(C)(C)C)cc(c74)B6c4cc(C(C)(C)C)cc6c4N5c4ccc(C(C)(C)C)cc4O6)cccc32)c1-c1cccc[n+]1C. The summed E-state index contributed by atoms with van der Waals surface area (Å²) in [6.07, 6.45) is 2.11. The van der Waals surface area contributed by atoms with E-state index in [1.165, 1.54) is 44.2 Å². The second-order valence-electron chi connectivity index (χ2n) is 25.0. The van der Waals surface area contributed by atoms with E-state index in [0.29, 0.717) is 0 Å². The molecule has 72 heavy (non-hydrogen) atoms. The van der Waals surface area contributed by atoms with Gasteiger partial charge in [0.2, 0.25) is 5.69 Å². The summed E-state index contributed by atoms with van der Waals surface area (Å²) in [6.45, 7) is 29.6. The fourth-order valence-corrected chi connectivity index (χ4v) is 11.9. The zero-order chi connectivity index (χ0) is 50.3. The number of pyridine rings is 1. The van der Waals surface area contributed by atoms with E-state index in [9.17, 15) is 0 Å². The molecule has 7 heteroatoms. The third-order valence-corrected chi connectivity index (χ3v) is 16.0. The highest BCUT2D eigenvalue weighted by Crippen LogP contribution is 2.59. The molecule has 9 aromatic rings. The van der Waals surface area contributed by atoms with E-state index in [0.717, 1.165) is 101 Å². The van der Waals surface area contributed by atoms with E-state index in [4.69, 9.17) is 13.9 Å². The first-order valence-corrected chi connectivity index (χ1v) is 25.7. The first-order valence-electron chi connectivity index (χ1n) is 25.7. The number of fused-ring (bicyclic) bond motifs is 11. The zero-order valence-corrected chi connectivity index (χ0v) is 44.3. The first-order chi connectivity index (χ1) is 34.0. The Morgan fingerprint density at radius 1 is 0.472 bits per heavy atom. The van der Waals surface area contributed by atoms with Crippen LogP contribution in [0.1, 0.15) is 111 Å². The van der Waals surface area contributed by atoms with E-state index in [1.54, 1.807) is 0 Å². The molecule has 0 unspecified atom stereocenters. The first kappa shape index (κ1) is 44.7. The van der Waals surface area contributed by atoms with Gasteiger partial charge in [0.25, 0.3) is 6.71 Å². The summed E-state index contributed by atoms with van der Waals surface area (Å²) < 4.78 is 24.0. The standard InChI is InChI=1S/C65H63BN3O3/c1-36-21-24-44-43-19-17-18-42(60(43)72-61(44)56(36)49-20-15-16-27-67(49)14)37-28-50-57-51(29-37)69-48-26-23-39(63(5,6)7)33-53(48)71-55-35-41(65(11,12)13)31-46(59(55)69)66(57)45-30-40(64(8,9)10)34-54-58(45)68(50)47-25-22-38(62(2,3)4)32-52(47)70-54/h15-35H,1-14H3/q+1. The molecule has 7 aromatic carbocycles. The molecule has 0 N–H and O–H groups in total. The van der Waals surface area contributed by atoms with Crippen LogP contribution in [-0.2, 0) is 28.7 Å². The van der Waals surface area contributed by atoms with Crippen molar-refractivity contribution in [2.24, 2.45) is 7.05 Å². The number of rotatable bonds is 2. The lowest BCUT2D eigenvalue weighted by Gasteiger charge is -2.48. The maximum atomic E-state index is 7.30. The molecule has 6 nitrogen and oxygen atoms in total. The third kappa shape index (κ3) is 6.44. The molecule has 0 radical (unpaired) electrons. The van der Waals surface area contributed by atoms with Crippen LogP contribution in [0, 0.1) is 6.92 Å². The van der Waals surface area contributed by atoms with E-state index in [-0.39, 0.29) is 28.4 Å². The molecular formula is C65H63BN3O3+. The average Bonchev–Trinajstić information content (AvgIpc) is 3.70. The number of hydrogen-bond donors (Lipinski definition) is 0. The van der Waals surface area contributed by atoms with Gasteiger partial charge in [-0.25, -0.2) is 4.57 Å². The molecule has 0 atom stereocenters. The van der Waals surface area contributed by atoms with E-state index >= 15 is 0 Å². The van der Waals surface area contributed by atoms with Crippen molar-refractivity contribution in [3.05, 3.63) is 155 Å². The average molecular weight is 945 g/mol. The van der Waals surface area contributed by atoms with Gasteiger partial charge >= 0.3 is 0 Å². The number of aryl methyl sites for hydroxylation is 2. The molecule has 2 aromatic heterocycles. The highest BCUT2D eigenvalue weighted by atomic mass is 16.5. The predicted molar refractivity (Wildman–Crippen MR) is 299 cm³/mol. The molecule has 0 spiro atoms. The molecule has 4 aliphatic rings. The monoisotopic (exact) mass is 944 g/mol. The molecule has 0 saturated heterocycles. The molecule has 358 valence electrons. The van der Waals surface area contributed by atoms with Crippen LogP contribution < -0.4 is 40.2 Å². The Kier molecular flexibility index (Phi) is 9.11. The normalized spacial score (nSPS) is 14.4. The largest absolute Gasteiger partial charge is 0.454 e. The summed E-state index contributed by atoms with van der Waals surface area (Å²) in [5.74, 6) is 3.48. The van der Waals surface area contributed by atoms with Gasteiger partial charge in [0.15, 0.2) is 29.2 Å². The fraction of sp³-hybridized carbons (Fsp3) is 0.277. The molecule has 0 fully saturated rings. The minimum atomic E-state index is -0.151.